The molecule has 0 spiro atoms. The third-order valence-electron chi connectivity index (χ3n) is 5.60. The smallest absolute Gasteiger partial charge is 0.261 e. The highest BCUT2D eigenvalue weighted by Crippen LogP contribution is 2.30. The van der Waals surface area contributed by atoms with Crippen LogP contribution in [0.3, 0.4) is 0 Å². The number of amides is 3. The summed E-state index contributed by atoms with van der Waals surface area (Å²) in [6.45, 7) is 0.467. The standard InChI is InChI=1S/C25H24N2O5/c1-31-18-11-12-21(32-2)17(14-18)15-26-22(28)10-5-13-27-24(29)19-8-3-6-16-7-4-9-20(23(16)19)25(27)30/h3-4,6-9,11-12,14H,5,10,13,15H2,1-2H3,(H,26,28). The minimum absolute atomic E-state index is 0.172. The van der Waals surface area contributed by atoms with Crippen molar-refractivity contribution in [1.82, 2.24) is 10.2 Å². The number of carbonyl (C=O) groups excluding carboxylic acids is 3. The Morgan fingerprint density at radius 2 is 1.62 bits per heavy atom. The molecule has 7 heteroatoms. The van der Waals surface area contributed by atoms with Gasteiger partial charge in [-0.1, -0.05) is 24.3 Å². The molecule has 0 saturated carbocycles. The Morgan fingerprint density at radius 1 is 0.938 bits per heavy atom. The predicted molar refractivity (Wildman–Crippen MR) is 120 cm³/mol. The normalized spacial score (nSPS) is 12.8. The lowest BCUT2D eigenvalue weighted by Crippen LogP contribution is -2.41. The van der Waals surface area contributed by atoms with E-state index in [1.807, 2.05) is 30.3 Å². The Morgan fingerprint density at radius 3 is 2.25 bits per heavy atom. The molecule has 0 aliphatic carbocycles. The number of methoxy groups -OCH3 is 2. The van der Waals surface area contributed by atoms with E-state index in [-0.39, 0.29) is 37.2 Å². The summed E-state index contributed by atoms with van der Waals surface area (Å²) in [4.78, 5) is 39.4. The van der Waals surface area contributed by atoms with Gasteiger partial charge in [-0.05, 0) is 42.1 Å². The first-order chi connectivity index (χ1) is 15.5. The monoisotopic (exact) mass is 432 g/mol. The van der Waals surface area contributed by atoms with Gasteiger partial charge >= 0.3 is 0 Å². The molecule has 0 aromatic heterocycles. The predicted octanol–water partition coefficient (Wildman–Crippen LogP) is 3.55. The second-order valence-electron chi connectivity index (χ2n) is 7.53. The van der Waals surface area contributed by atoms with Gasteiger partial charge in [0.25, 0.3) is 11.8 Å². The topological polar surface area (TPSA) is 84.9 Å². The lowest BCUT2D eigenvalue weighted by Gasteiger charge is -2.27. The molecule has 1 aliphatic rings. The van der Waals surface area contributed by atoms with Crippen LogP contribution in [0.2, 0.25) is 0 Å². The molecule has 4 rings (SSSR count). The van der Waals surface area contributed by atoms with E-state index in [0.717, 1.165) is 10.9 Å². The number of hydrogen-bond acceptors (Lipinski definition) is 5. The van der Waals surface area contributed by atoms with Gasteiger partial charge in [0, 0.05) is 41.6 Å². The van der Waals surface area contributed by atoms with Crippen LogP contribution in [-0.4, -0.2) is 43.4 Å². The minimum Gasteiger partial charge on any atom is -0.497 e. The number of ether oxygens (including phenoxy) is 2. The van der Waals surface area contributed by atoms with Crippen LogP contribution in [0.1, 0.15) is 39.1 Å². The zero-order valence-corrected chi connectivity index (χ0v) is 18.0. The first kappa shape index (κ1) is 21.4. The van der Waals surface area contributed by atoms with Crippen LogP contribution < -0.4 is 14.8 Å². The molecule has 1 N–H and O–H groups in total. The molecule has 0 radical (unpaired) electrons. The molecule has 164 valence electrons. The summed E-state index contributed by atoms with van der Waals surface area (Å²) in [5.41, 5.74) is 1.84. The first-order valence-corrected chi connectivity index (χ1v) is 10.4. The molecule has 0 saturated heterocycles. The van der Waals surface area contributed by atoms with Crippen LogP contribution >= 0.6 is 0 Å². The van der Waals surface area contributed by atoms with Gasteiger partial charge < -0.3 is 14.8 Å². The van der Waals surface area contributed by atoms with Gasteiger partial charge in [0.05, 0.1) is 14.2 Å². The number of carbonyl (C=O) groups is 3. The van der Waals surface area contributed by atoms with E-state index in [1.165, 1.54) is 4.90 Å². The average molecular weight is 432 g/mol. The van der Waals surface area contributed by atoms with E-state index in [4.69, 9.17) is 9.47 Å². The van der Waals surface area contributed by atoms with Gasteiger partial charge in [-0.15, -0.1) is 0 Å². The molecule has 0 bridgehead atoms. The van der Waals surface area contributed by atoms with Crippen LogP contribution in [0.25, 0.3) is 10.8 Å². The highest BCUT2D eigenvalue weighted by atomic mass is 16.5. The summed E-state index contributed by atoms with van der Waals surface area (Å²) in [7, 11) is 3.14. The second-order valence-corrected chi connectivity index (χ2v) is 7.53. The van der Waals surface area contributed by atoms with E-state index >= 15 is 0 Å². The number of nitrogens with zero attached hydrogens (tertiary/aromatic N) is 1. The zero-order valence-electron chi connectivity index (χ0n) is 18.0. The van der Waals surface area contributed by atoms with Crippen LogP contribution in [-0.2, 0) is 11.3 Å². The van der Waals surface area contributed by atoms with E-state index in [9.17, 15) is 14.4 Å². The Labute approximate surface area is 185 Å². The molecule has 32 heavy (non-hydrogen) atoms. The average Bonchev–Trinajstić information content (AvgIpc) is 2.82. The largest absolute Gasteiger partial charge is 0.497 e. The van der Waals surface area contributed by atoms with E-state index in [1.54, 1.807) is 38.5 Å². The molecule has 1 aliphatic heterocycles. The van der Waals surface area contributed by atoms with Gasteiger partial charge in [0.2, 0.25) is 5.91 Å². The Hall–Kier alpha value is -3.87. The Kier molecular flexibility index (Phi) is 6.07. The van der Waals surface area contributed by atoms with Gasteiger partial charge in [0.15, 0.2) is 0 Å². The van der Waals surface area contributed by atoms with Crippen molar-refractivity contribution >= 4 is 28.5 Å². The van der Waals surface area contributed by atoms with E-state index < -0.39 is 0 Å². The molecular formula is C25H24N2O5. The molecule has 3 aromatic rings. The second kappa shape index (κ2) is 9.09. The minimum atomic E-state index is -0.319. The van der Waals surface area contributed by atoms with Crippen LogP contribution in [0.4, 0.5) is 0 Å². The van der Waals surface area contributed by atoms with Crippen molar-refractivity contribution < 1.29 is 23.9 Å². The molecule has 0 atom stereocenters. The first-order valence-electron chi connectivity index (χ1n) is 10.4. The van der Waals surface area contributed by atoms with Gasteiger partial charge in [-0.25, -0.2) is 0 Å². The van der Waals surface area contributed by atoms with Crippen molar-refractivity contribution in [3.05, 3.63) is 71.3 Å². The number of benzene rings is 3. The van der Waals surface area contributed by atoms with Crippen molar-refractivity contribution in [1.29, 1.82) is 0 Å². The fraction of sp³-hybridized carbons (Fsp3) is 0.240. The summed E-state index contributed by atoms with van der Waals surface area (Å²) in [5, 5.41) is 4.42. The summed E-state index contributed by atoms with van der Waals surface area (Å²) >= 11 is 0. The van der Waals surface area contributed by atoms with E-state index in [2.05, 4.69) is 5.32 Å². The third-order valence-corrected chi connectivity index (χ3v) is 5.60. The third kappa shape index (κ3) is 4.01. The molecule has 0 fully saturated rings. The summed E-state index contributed by atoms with van der Waals surface area (Å²) in [6, 6.07) is 16.3. The van der Waals surface area contributed by atoms with Crippen LogP contribution in [0.15, 0.2) is 54.6 Å². The Balaban J connectivity index is 1.36. The number of rotatable bonds is 8. The molecule has 7 nitrogen and oxygen atoms in total. The molecular weight excluding hydrogens is 408 g/mol. The van der Waals surface area contributed by atoms with Crippen molar-refractivity contribution in [3.8, 4) is 11.5 Å². The SMILES string of the molecule is COc1ccc(OC)c(CNC(=O)CCCN2C(=O)c3cccc4cccc(c34)C2=O)c1. The van der Waals surface area contributed by atoms with Crippen molar-refractivity contribution in [2.75, 3.05) is 20.8 Å². The molecule has 3 aromatic carbocycles. The number of hydrogen-bond donors (Lipinski definition) is 1. The van der Waals surface area contributed by atoms with Crippen LogP contribution in [0, 0.1) is 0 Å². The molecule has 1 heterocycles. The summed E-state index contributed by atoms with van der Waals surface area (Å²) in [5.74, 6) is 0.520. The van der Waals surface area contributed by atoms with Crippen molar-refractivity contribution in [2.24, 2.45) is 0 Å². The van der Waals surface area contributed by atoms with Gasteiger partial charge in [-0.2, -0.15) is 0 Å². The summed E-state index contributed by atoms with van der Waals surface area (Å²) in [6.07, 6.45) is 0.561. The van der Waals surface area contributed by atoms with Gasteiger partial charge in [0.1, 0.15) is 11.5 Å². The summed E-state index contributed by atoms with van der Waals surface area (Å²) < 4.78 is 10.5. The van der Waals surface area contributed by atoms with E-state index in [0.29, 0.717) is 34.4 Å². The van der Waals surface area contributed by atoms with Gasteiger partial charge in [-0.3, -0.25) is 19.3 Å². The fourth-order valence-corrected chi connectivity index (χ4v) is 3.98. The van der Waals surface area contributed by atoms with Crippen molar-refractivity contribution in [3.63, 3.8) is 0 Å². The highest BCUT2D eigenvalue weighted by Gasteiger charge is 2.32. The Bertz CT molecular complexity index is 1150. The number of nitrogens with one attached hydrogen (secondary N) is 1. The van der Waals surface area contributed by atoms with Crippen LogP contribution in [0.5, 0.6) is 11.5 Å². The fourth-order valence-electron chi connectivity index (χ4n) is 3.98. The highest BCUT2D eigenvalue weighted by molar-refractivity contribution is 6.25. The number of imide groups is 1. The quantitative estimate of drug-likeness (QED) is 0.551. The lowest BCUT2D eigenvalue weighted by molar-refractivity contribution is -0.121. The molecule has 0 unspecified atom stereocenters. The lowest BCUT2D eigenvalue weighted by atomic mass is 9.94. The maximum atomic E-state index is 12.9. The molecule has 3 amide bonds. The zero-order chi connectivity index (χ0) is 22.7. The van der Waals surface area contributed by atoms with Crippen molar-refractivity contribution in [2.45, 2.75) is 19.4 Å². The maximum absolute atomic E-state index is 12.9. The maximum Gasteiger partial charge on any atom is 0.261 e.